The second kappa shape index (κ2) is 5.63. The van der Waals surface area contributed by atoms with Crippen LogP contribution in [0.2, 0.25) is 0 Å². The fourth-order valence-corrected chi connectivity index (χ4v) is 2.78. The van der Waals surface area contributed by atoms with E-state index in [-0.39, 0.29) is 6.04 Å². The highest BCUT2D eigenvalue weighted by atomic mass is 15.1. The number of anilines is 1. The normalized spacial score (nSPS) is 16.4. The molecule has 0 saturated carbocycles. The smallest absolute Gasteiger partial charge is 0.0569 e. The van der Waals surface area contributed by atoms with Gasteiger partial charge in [-0.05, 0) is 43.0 Å². The van der Waals surface area contributed by atoms with E-state index in [1.807, 2.05) is 19.2 Å². The molecule has 2 N–H and O–H groups in total. The number of hydrogen-bond donors (Lipinski definition) is 1. The molecule has 104 valence electrons. The summed E-state index contributed by atoms with van der Waals surface area (Å²) in [5, 5.41) is 0. The molecule has 0 radical (unpaired) electrons. The quantitative estimate of drug-likeness (QED) is 0.909. The Kier molecular flexibility index (Phi) is 3.70. The third-order valence-electron chi connectivity index (χ3n) is 4.02. The number of pyridine rings is 1. The van der Waals surface area contributed by atoms with Gasteiger partial charge < -0.3 is 10.6 Å². The van der Waals surface area contributed by atoms with E-state index >= 15 is 0 Å². The first-order chi connectivity index (χ1) is 9.74. The van der Waals surface area contributed by atoms with Crippen molar-refractivity contribution < 1.29 is 0 Å². The first kappa shape index (κ1) is 13.1. The molecule has 2 aromatic rings. The van der Waals surface area contributed by atoms with Gasteiger partial charge in [-0.25, -0.2) is 0 Å². The van der Waals surface area contributed by atoms with Crippen LogP contribution in [0.3, 0.4) is 0 Å². The minimum Gasteiger partial charge on any atom is -0.370 e. The Morgan fingerprint density at radius 2 is 1.70 bits per heavy atom. The number of fused-ring (bicyclic) bond motifs is 1. The molecule has 0 spiro atoms. The molecule has 20 heavy (non-hydrogen) atoms. The highest BCUT2D eigenvalue weighted by Crippen LogP contribution is 2.21. The van der Waals surface area contributed by atoms with Gasteiger partial charge in [-0.15, -0.1) is 0 Å². The lowest BCUT2D eigenvalue weighted by molar-refractivity contribution is 0.770. The second-order valence-corrected chi connectivity index (χ2v) is 5.49. The van der Waals surface area contributed by atoms with Crippen molar-refractivity contribution in [3.05, 3.63) is 59.4 Å². The van der Waals surface area contributed by atoms with E-state index < -0.39 is 0 Å². The lowest BCUT2D eigenvalue weighted by atomic mass is 10.0. The van der Waals surface area contributed by atoms with E-state index in [1.165, 1.54) is 16.8 Å². The van der Waals surface area contributed by atoms with Gasteiger partial charge in [0.05, 0.1) is 17.6 Å². The van der Waals surface area contributed by atoms with E-state index in [0.717, 1.165) is 31.6 Å². The fraction of sp³-hybridized carbons (Fsp3) is 0.353. The number of benzene rings is 1. The van der Waals surface area contributed by atoms with Crippen molar-refractivity contribution >= 4 is 5.69 Å². The predicted molar refractivity (Wildman–Crippen MR) is 82.9 cm³/mol. The van der Waals surface area contributed by atoms with Gasteiger partial charge in [0, 0.05) is 19.1 Å². The highest BCUT2D eigenvalue weighted by molar-refractivity contribution is 5.46. The Hall–Kier alpha value is -1.87. The summed E-state index contributed by atoms with van der Waals surface area (Å²) < 4.78 is 0. The third kappa shape index (κ3) is 2.68. The maximum Gasteiger partial charge on any atom is 0.0569 e. The summed E-state index contributed by atoms with van der Waals surface area (Å²) in [4.78, 5) is 6.88. The van der Waals surface area contributed by atoms with Gasteiger partial charge in [-0.2, -0.15) is 0 Å². The maximum absolute atomic E-state index is 5.85. The summed E-state index contributed by atoms with van der Waals surface area (Å²) >= 11 is 0. The zero-order valence-electron chi connectivity index (χ0n) is 11.9. The average Bonchev–Trinajstić information content (AvgIpc) is 2.70. The molecule has 3 rings (SSSR count). The predicted octanol–water partition coefficient (Wildman–Crippen LogP) is 2.71. The highest BCUT2D eigenvalue weighted by Gasteiger charge is 2.14. The molecule has 1 aromatic carbocycles. The summed E-state index contributed by atoms with van der Waals surface area (Å²) in [6.07, 6.45) is 4.16. The van der Waals surface area contributed by atoms with Gasteiger partial charge in [0.15, 0.2) is 0 Å². The topological polar surface area (TPSA) is 42.1 Å². The van der Waals surface area contributed by atoms with Crippen LogP contribution in [-0.2, 0) is 12.8 Å². The van der Waals surface area contributed by atoms with Crippen molar-refractivity contribution in [2.75, 3.05) is 18.0 Å². The third-order valence-corrected chi connectivity index (χ3v) is 4.02. The van der Waals surface area contributed by atoms with Gasteiger partial charge in [-0.1, -0.05) is 24.3 Å². The first-order valence-corrected chi connectivity index (χ1v) is 7.27. The Morgan fingerprint density at radius 1 is 1.05 bits per heavy atom. The van der Waals surface area contributed by atoms with E-state index in [1.54, 1.807) is 0 Å². The summed E-state index contributed by atoms with van der Waals surface area (Å²) in [5.41, 5.74) is 11.0. The number of rotatable bonds is 2. The Morgan fingerprint density at radius 3 is 2.20 bits per heavy atom. The molecule has 3 nitrogen and oxygen atoms in total. The second-order valence-electron chi connectivity index (χ2n) is 5.49. The van der Waals surface area contributed by atoms with Crippen LogP contribution in [0.1, 0.15) is 29.8 Å². The van der Waals surface area contributed by atoms with E-state index in [2.05, 4.69) is 40.2 Å². The van der Waals surface area contributed by atoms with Crippen molar-refractivity contribution in [2.24, 2.45) is 5.73 Å². The van der Waals surface area contributed by atoms with Crippen molar-refractivity contribution in [2.45, 2.75) is 25.8 Å². The molecular formula is C17H21N3. The number of nitrogens with two attached hydrogens (primary N) is 1. The molecule has 0 unspecified atom stereocenters. The molecular weight excluding hydrogens is 246 g/mol. The summed E-state index contributed by atoms with van der Waals surface area (Å²) in [7, 11) is 0. The van der Waals surface area contributed by atoms with Crippen LogP contribution in [0.15, 0.2) is 42.6 Å². The van der Waals surface area contributed by atoms with Crippen molar-refractivity contribution in [3.63, 3.8) is 0 Å². The lowest BCUT2D eigenvalue weighted by Gasteiger charge is -2.22. The summed E-state index contributed by atoms with van der Waals surface area (Å²) in [6, 6.07) is 12.9. The first-order valence-electron chi connectivity index (χ1n) is 7.27. The minimum absolute atomic E-state index is 0.00237. The average molecular weight is 267 g/mol. The summed E-state index contributed by atoms with van der Waals surface area (Å²) in [5.74, 6) is 0. The molecule has 0 saturated heterocycles. The lowest BCUT2D eigenvalue weighted by Crippen LogP contribution is -2.26. The Labute approximate surface area is 120 Å². The van der Waals surface area contributed by atoms with Crippen molar-refractivity contribution in [1.29, 1.82) is 0 Å². The van der Waals surface area contributed by atoms with E-state index in [9.17, 15) is 0 Å². The Bertz CT molecular complexity index is 548. The van der Waals surface area contributed by atoms with Crippen LogP contribution in [0, 0.1) is 0 Å². The minimum atomic E-state index is -0.00237. The van der Waals surface area contributed by atoms with Crippen LogP contribution < -0.4 is 10.6 Å². The van der Waals surface area contributed by atoms with Crippen LogP contribution in [-0.4, -0.2) is 18.1 Å². The van der Waals surface area contributed by atoms with Gasteiger partial charge in [0.1, 0.15) is 0 Å². The van der Waals surface area contributed by atoms with Gasteiger partial charge in [0.2, 0.25) is 0 Å². The molecule has 0 amide bonds. The monoisotopic (exact) mass is 267 g/mol. The molecule has 3 heteroatoms. The van der Waals surface area contributed by atoms with Crippen molar-refractivity contribution in [1.82, 2.24) is 4.98 Å². The zero-order valence-corrected chi connectivity index (χ0v) is 11.9. The number of nitrogens with zero attached hydrogens (tertiary/aromatic N) is 2. The molecule has 1 atom stereocenters. The van der Waals surface area contributed by atoms with E-state index in [4.69, 9.17) is 5.73 Å². The molecule has 2 heterocycles. The SMILES string of the molecule is C[C@@H](N)c1ccc(N2CCc3ccccc3CC2)cn1. The largest absolute Gasteiger partial charge is 0.370 e. The van der Waals surface area contributed by atoms with Crippen molar-refractivity contribution in [3.8, 4) is 0 Å². The van der Waals surface area contributed by atoms with Gasteiger partial charge >= 0.3 is 0 Å². The molecule has 1 aliphatic heterocycles. The number of aromatic nitrogens is 1. The zero-order chi connectivity index (χ0) is 13.9. The summed E-state index contributed by atoms with van der Waals surface area (Å²) in [6.45, 7) is 4.07. The molecule has 1 aromatic heterocycles. The van der Waals surface area contributed by atoms with Gasteiger partial charge in [-0.3, -0.25) is 4.98 Å². The van der Waals surface area contributed by atoms with Crippen LogP contribution in [0.5, 0.6) is 0 Å². The van der Waals surface area contributed by atoms with Crippen LogP contribution in [0.25, 0.3) is 0 Å². The van der Waals surface area contributed by atoms with Crippen LogP contribution >= 0.6 is 0 Å². The fourth-order valence-electron chi connectivity index (χ4n) is 2.78. The molecule has 0 bridgehead atoms. The number of hydrogen-bond acceptors (Lipinski definition) is 3. The van der Waals surface area contributed by atoms with Gasteiger partial charge in [0.25, 0.3) is 0 Å². The van der Waals surface area contributed by atoms with Crippen LogP contribution in [0.4, 0.5) is 5.69 Å². The molecule has 0 fully saturated rings. The standard InChI is InChI=1S/C17H21N3/c1-13(18)17-7-6-16(12-19-17)20-10-8-14-4-2-3-5-15(14)9-11-20/h2-7,12-13H,8-11,18H2,1H3/t13-/m1/s1. The van der Waals surface area contributed by atoms with E-state index in [0.29, 0.717) is 0 Å². The molecule has 0 aliphatic carbocycles. The Balaban J connectivity index is 1.76. The molecule has 1 aliphatic rings. The maximum atomic E-state index is 5.85.